The Bertz CT molecular complexity index is 137. The molecule has 0 aromatic rings. The fourth-order valence-corrected chi connectivity index (χ4v) is 1.01. The van der Waals surface area contributed by atoms with Gasteiger partial charge in [-0.3, -0.25) is 4.79 Å². The molecule has 0 aromatic heterocycles. The van der Waals surface area contributed by atoms with Gasteiger partial charge in [0.1, 0.15) is 6.17 Å². The number of carbonyl (C=O) groups excluding carboxylic acids is 1. The SMILES string of the molecule is CC1NC(=O)C(C)C1F. The van der Waals surface area contributed by atoms with Crippen molar-refractivity contribution in [2.24, 2.45) is 5.92 Å². The van der Waals surface area contributed by atoms with E-state index in [-0.39, 0.29) is 11.9 Å². The maximum atomic E-state index is 12.7. The lowest BCUT2D eigenvalue weighted by Gasteiger charge is -2.04. The second kappa shape index (κ2) is 1.97. The number of hydrogen-bond donors (Lipinski definition) is 1. The minimum Gasteiger partial charge on any atom is -0.350 e. The second-order valence-electron chi connectivity index (χ2n) is 2.53. The summed E-state index contributed by atoms with van der Waals surface area (Å²) in [5.74, 6) is -0.630. The molecule has 1 fully saturated rings. The van der Waals surface area contributed by atoms with Gasteiger partial charge in [-0.1, -0.05) is 6.92 Å². The topological polar surface area (TPSA) is 29.1 Å². The first-order chi connectivity index (χ1) is 4.13. The van der Waals surface area contributed by atoms with Gasteiger partial charge in [-0.15, -0.1) is 0 Å². The number of halogens is 1. The third kappa shape index (κ3) is 0.910. The highest BCUT2D eigenvalue weighted by Gasteiger charge is 2.36. The zero-order valence-electron chi connectivity index (χ0n) is 5.52. The predicted molar refractivity (Wildman–Crippen MR) is 31.7 cm³/mol. The summed E-state index contributed by atoms with van der Waals surface area (Å²) < 4.78 is 12.7. The van der Waals surface area contributed by atoms with Crippen LogP contribution in [-0.2, 0) is 4.79 Å². The average Bonchev–Trinajstić information content (AvgIpc) is 1.98. The number of rotatable bonds is 0. The molecule has 0 spiro atoms. The standard InChI is InChI=1S/C6H10FNO/c1-3-5(7)4(2)8-6(3)9/h3-5H,1-2H3,(H,8,9). The van der Waals surface area contributed by atoms with E-state index >= 15 is 0 Å². The van der Waals surface area contributed by atoms with Crippen molar-refractivity contribution >= 4 is 5.91 Å². The van der Waals surface area contributed by atoms with Crippen LogP contribution in [0, 0.1) is 5.92 Å². The van der Waals surface area contributed by atoms with Crippen molar-refractivity contribution in [3.63, 3.8) is 0 Å². The van der Waals surface area contributed by atoms with Gasteiger partial charge in [0.2, 0.25) is 5.91 Å². The molecule has 1 rings (SSSR count). The van der Waals surface area contributed by atoms with Crippen molar-refractivity contribution in [2.75, 3.05) is 0 Å². The van der Waals surface area contributed by atoms with Crippen molar-refractivity contribution < 1.29 is 9.18 Å². The number of nitrogens with one attached hydrogen (secondary N) is 1. The van der Waals surface area contributed by atoms with Crippen molar-refractivity contribution in [3.8, 4) is 0 Å². The fourth-order valence-electron chi connectivity index (χ4n) is 1.01. The van der Waals surface area contributed by atoms with Gasteiger partial charge in [0, 0.05) is 0 Å². The van der Waals surface area contributed by atoms with Crippen LogP contribution in [0.1, 0.15) is 13.8 Å². The van der Waals surface area contributed by atoms with Crippen LogP contribution in [-0.4, -0.2) is 18.1 Å². The molecule has 1 aliphatic rings. The summed E-state index contributed by atoms with van der Waals surface area (Å²) in [5.41, 5.74) is 0. The van der Waals surface area contributed by atoms with E-state index in [0.29, 0.717) is 0 Å². The van der Waals surface area contributed by atoms with E-state index in [9.17, 15) is 9.18 Å². The van der Waals surface area contributed by atoms with Gasteiger partial charge in [0.05, 0.1) is 12.0 Å². The highest BCUT2D eigenvalue weighted by atomic mass is 19.1. The second-order valence-corrected chi connectivity index (χ2v) is 2.53. The van der Waals surface area contributed by atoms with Crippen molar-refractivity contribution in [3.05, 3.63) is 0 Å². The third-order valence-corrected chi connectivity index (χ3v) is 1.74. The van der Waals surface area contributed by atoms with E-state index < -0.39 is 12.1 Å². The first-order valence-corrected chi connectivity index (χ1v) is 3.07. The summed E-state index contributed by atoms with van der Waals surface area (Å²) in [5, 5.41) is 2.50. The third-order valence-electron chi connectivity index (χ3n) is 1.74. The first kappa shape index (κ1) is 6.52. The van der Waals surface area contributed by atoms with Crippen LogP contribution < -0.4 is 5.32 Å². The minimum absolute atomic E-state index is 0.171. The van der Waals surface area contributed by atoms with E-state index in [2.05, 4.69) is 5.32 Å². The highest BCUT2D eigenvalue weighted by molar-refractivity contribution is 5.81. The van der Waals surface area contributed by atoms with E-state index in [1.807, 2.05) is 0 Å². The molecule has 1 heterocycles. The van der Waals surface area contributed by atoms with Gasteiger partial charge in [0.25, 0.3) is 0 Å². The van der Waals surface area contributed by atoms with Crippen molar-refractivity contribution in [1.82, 2.24) is 5.32 Å². The smallest absolute Gasteiger partial charge is 0.226 e. The fraction of sp³-hybridized carbons (Fsp3) is 0.833. The molecule has 1 saturated heterocycles. The Balaban J connectivity index is 2.65. The minimum atomic E-state index is -1.00. The molecule has 3 atom stereocenters. The van der Waals surface area contributed by atoms with Crippen LogP contribution in [0.2, 0.25) is 0 Å². The van der Waals surface area contributed by atoms with E-state index in [1.54, 1.807) is 13.8 Å². The van der Waals surface area contributed by atoms with Gasteiger partial charge < -0.3 is 5.32 Å². The molecule has 0 bridgehead atoms. The Labute approximate surface area is 53.4 Å². The Morgan fingerprint density at radius 3 is 2.22 bits per heavy atom. The maximum absolute atomic E-state index is 12.7. The molecule has 3 unspecified atom stereocenters. The lowest BCUT2D eigenvalue weighted by Crippen LogP contribution is -2.25. The molecule has 0 radical (unpaired) electrons. The molecule has 0 aromatic carbocycles. The average molecular weight is 131 g/mol. The number of alkyl halides is 1. The molecule has 1 amide bonds. The summed E-state index contributed by atoms with van der Waals surface area (Å²) in [4.78, 5) is 10.6. The Morgan fingerprint density at radius 2 is 2.11 bits per heavy atom. The van der Waals surface area contributed by atoms with Crippen LogP contribution in [0.25, 0.3) is 0 Å². The first-order valence-electron chi connectivity index (χ1n) is 3.07. The van der Waals surface area contributed by atoms with Gasteiger partial charge in [0.15, 0.2) is 0 Å². The number of carbonyl (C=O) groups is 1. The van der Waals surface area contributed by atoms with E-state index in [1.165, 1.54) is 0 Å². The van der Waals surface area contributed by atoms with Gasteiger partial charge in [-0.2, -0.15) is 0 Å². The molecule has 0 aliphatic carbocycles. The molecule has 3 heteroatoms. The molecular formula is C6H10FNO. The molecular weight excluding hydrogens is 121 g/mol. The van der Waals surface area contributed by atoms with Gasteiger partial charge in [-0.25, -0.2) is 4.39 Å². The van der Waals surface area contributed by atoms with Crippen LogP contribution in [0.15, 0.2) is 0 Å². The lowest BCUT2D eigenvalue weighted by molar-refractivity contribution is -0.122. The molecule has 0 saturated carbocycles. The van der Waals surface area contributed by atoms with Crippen LogP contribution >= 0.6 is 0 Å². The molecule has 52 valence electrons. The normalized spacial score (nSPS) is 43.0. The maximum Gasteiger partial charge on any atom is 0.226 e. The van der Waals surface area contributed by atoms with Crippen molar-refractivity contribution in [1.29, 1.82) is 0 Å². The predicted octanol–water partition coefficient (Wildman–Crippen LogP) is 0.479. The quantitative estimate of drug-likeness (QED) is 0.509. The molecule has 1 aliphatic heterocycles. The number of hydrogen-bond acceptors (Lipinski definition) is 1. The van der Waals surface area contributed by atoms with E-state index in [0.717, 1.165) is 0 Å². The summed E-state index contributed by atoms with van der Waals surface area (Å²) >= 11 is 0. The molecule has 2 nitrogen and oxygen atoms in total. The van der Waals surface area contributed by atoms with Crippen LogP contribution in [0.5, 0.6) is 0 Å². The highest BCUT2D eigenvalue weighted by Crippen LogP contribution is 2.18. The van der Waals surface area contributed by atoms with Gasteiger partial charge in [-0.05, 0) is 6.92 Å². The van der Waals surface area contributed by atoms with Crippen LogP contribution in [0.3, 0.4) is 0 Å². The Morgan fingerprint density at radius 1 is 1.56 bits per heavy atom. The van der Waals surface area contributed by atoms with Crippen LogP contribution in [0.4, 0.5) is 4.39 Å². The Hall–Kier alpha value is -0.600. The van der Waals surface area contributed by atoms with Gasteiger partial charge >= 0.3 is 0 Å². The molecule has 9 heavy (non-hydrogen) atoms. The molecule has 1 N–H and O–H groups in total. The summed E-state index contributed by atoms with van der Waals surface area (Å²) in [6.45, 7) is 3.27. The number of amides is 1. The Kier molecular flexibility index (Phi) is 1.43. The zero-order valence-corrected chi connectivity index (χ0v) is 5.52. The zero-order chi connectivity index (χ0) is 7.02. The monoisotopic (exact) mass is 131 g/mol. The summed E-state index contributed by atoms with van der Waals surface area (Å²) in [6.07, 6.45) is -1.00. The largest absolute Gasteiger partial charge is 0.350 e. The van der Waals surface area contributed by atoms with E-state index in [4.69, 9.17) is 0 Å². The van der Waals surface area contributed by atoms with Crippen molar-refractivity contribution in [2.45, 2.75) is 26.1 Å². The lowest BCUT2D eigenvalue weighted by atomic mass is 10.1. The summed E-state index contributed by atoms with van der Waals surface area (Å²) in [6, 6.07) is -0.299. The summed E-state index contributed by atoms with van der Waals surface area (Å²) in [7, 11) is 0.